The van der Waals surface area contributed by atoms with E-state index in [9.17, 15) is 87.5 Å². The molecule has 44 nitrogen and oxygen atoms in total. The minimum absolute atomic E-state index is 0.0190. The van der Waals surface area contributed by atoms with Crippen molar-refractivity contribution in [2.24, 2.45) is 17.2 Å². The molecular formula is C84H111N23O21S2. The molecule has 7 rings (SSSR count). The Labute approximate surface area is 755 Å². The quantitative estimate of drug-likeness (QED) is 0.00740. The van der Waals surface area contributed by atoms with Crippen LogP contribution in [0.15, 0.2) is 128 Å². The van der Waals surface area contributed by atoms with Crippen LogP contribution < -0.4 is 97.0 Å². The van der Waals surface area contributed by atoms with Crippen LogP contribution in [0.3, 0.4) is 0 Å². The number of carboxylic acid groups (broad SMARTS) is 2. The molecule has 130 heavy (non-hydrogen) atoms. The number of aliphatic carboxylic acids is 2. The standard InChI is InChI=1S/C84H111N23O21S2/c1-43(95-76(121)64(35-69(114)115)96-45(3)109)71(116)105-65(40-129)81(126)98-57(21-13-29-90-84(87)88)75(120)107-70(44(2)108)83(128)104-62(33-49-37-92-55-19-10-8-17-53(49)55)78(123)99-58(26-27-68(112)113)74(119)106-66(41-130)82(127)101-60(31-47-22-24-51(110)25-23-47)77(122)102-61(32-48-36-91-54-18-9-7-16-52(48)54)79(124)103-63(34-50-38-89-42-94-50)80(125)97-56(20-11-12-28-85)73(118)100-59(72(117)93-39-67(86)111)30-46-14-5-4-6-15-46/h4-10,14-19,22-25,36-38,42-44,56-66,70,91-92,108,110,129-130H,11-13,20-21,26-35,39-41,85H2,1-3H3,(H2,86,111)(H,89,94)(H,93,117)(H,95,121)(H,96,109)(H,97,125)(H,98,126)(H,99,123)(H,100,118)(H,101,127)(H,102,122)(H,103,124)(H,104,128)(H,105,116)(H,106,119)(H,107,120)(H,112,113)(H,114,115)(H4,87,88,90)/t43-,44+,56-,57-,58-,59-,60-,61-,62-,63-,64-,65-,66-,70-/m0/s1. The third-order valence-electron chi connectivity index (χ3n) is 20.4. The number of H-pyrrole nitrogens is 3. The molecule has 0 bridgehead atoms. The Hall–Kier alpha value is -14.2. The molecule has 3 heterocycles. The second kappa shape index (κ2) is 51.6. The summed E-state index contributed by atoms with van der Waals surface area (Å²) in [6, 6.07) is 6.42. The average Bonchev–Trinajstić information content (AvgIpc) is 1.64. The third kappa shape index (κ3) is 33.2. The van der Waals surface area contributed by atoms with Crippen molar-refractivity contribution in [3.8, 4) is 5.75 Å². The van der Waals surface area contributed by atoms with Crippen molar-refractivity contribution < 1.29 is 102 Å². The van der Waals surface area contributed by atoms with Gasteiger partial charge in [0.05, 0.1) is 25.4 Å². The maximum absolute atomic E-state index is 15.4. The zero-order chi connectivity index (χ0) is 95.3. The van der Waals surface area contributed by atoms with Gasteiger partial charge in [-0.15, -0.1) is 0 Å². The molecule has 46 heteroatoms. The fraction of sp³-hybridized carbons (Fsp3) is 0.417. The number of benzene rings is 4. The van der Waals surface area contributed by atoms with E-state index in [1.165, 1.54) is 49.9 Å². The predicted octanol–water partition coefficient (Wildman–Crippen LogP) is -4.49. The first-order valence-corrected chi connectivity index (χ1v) is 42.7. The number of para-hydroxylation sites is 2. The van der Waals surface area contributed by atoms with Crippen LogP contribution in [-0.4, -0.2) is 263 Å². The SMILES string of the molecule is CC(=O)N[C@@H](CC(=O)O)C(=O)N[C@@H](C)C(=O)N[C@@H](CS)C(=O)N[C@@H](CCCNC(=N)N)C(=O)N[C@H](C(=O)N[C@@H](Cc1c[nH]c2ccccc12)C(=O)N[C@@H](CCC(=O)O)C(=O)N[C@@H](CS)C(=O)N[C@@H](Cc1ccc(O)cc1)C(=O)N[C@@H](Cc1c[nH]c2ccccc12)C(=O)N[C@@H](Cc1cnc[nH]1)C(=O)N[C@@H](CCCCN)C(=O)N[C@@H](Cc1ccccc1)C(=O)NCC(N)=O)[C@@H](C)O. The summed E-state index contributed by atoms with van der Waals surface area (Å²) in [6.07, 6.45) is 0.474. The largest absolute Gasteiger partial charge is 0.508 e. The number of aliphatic hydroxyl groups excluding tert-OH is 1. The molecule has 0 aliphatic carbocycles. The Morgan fingerprint density at radius 2 is 0.862 bits per heavy atom. The maximum Gasteiger partial charge on any atom is 0.305 e. The van der Waals surface area contributed by atoms with Gasteiger partial charge >= 0.3 is 11.9 Å². The van der Waals surface area contributed by atoms with E-state index in [1.54, 1.807) is 85.1 Å². The molecule has 4 aromatic carbocycles. The summed E-state index contributed by atoms with van der Waals surface area (Å²) in [7, 11) is 0. The number of nitrogens with two attached hydrogens (primary N) is 3. The van der Waals surface area contributed by atoms with Gasteiger partial charge in [-0.3, -0.25) is 86.9 Å². The van der Waals surface area contributed by atoms with Crippen molar-refractivity contribution in [1.29, 1.82) is 5.41 Å². The van der Waals surface area contributed by atoms with Gasteiger partial charge < -0.3 is 132 Å². The highest BCUT2D eigenvalue weighted by Crippen LogP contribution is 2.23. The highest BCUT2D eigenvalue weighted by molar-refractivity contribution is 7.80. The molecule has 3 aromatic heterocycles. The van der Waals surface area contributed by atoms with E-state index < -0.39 is 241 Å². The van der Waals surface area contributed by atoms with E-state index in [1.807, 2.05) is 0 Å². The van der Waals surface area contributed by atoms with Crippen LogP contribution in [0.4, 0.5) is 0 Å². The molecule has 0 aliphatic rings. The monoisotopic (exact) mass is 1840 g/mol. The van der Waals surface area contributed by atoms with Gasteiger partial charge in [0.1, 0.15) is 84.3 Å². The number of hydrogen-bond donors (Lipinski definition) is 28. The Balaban J connectivity index is 1.15. The number of hydrogen-bond acceptors (Lipinski definition) is 24. The number of amides is 15. The highest BCUT2D eigenvalue weighted by atomic mass is 32.1. The first kappa shape index (κ1) is 103. The normalized spacial score (nSPS) is 14.3. The number of aromatic nitrogens is 4. The third-order valence-corrected chi connectivity index (χ3v) is 21.2. The molecule has 15 amide bonds. The molecule has 0 saturated carbocycles. The summed E-state index contributed by atoms with van der Waals surface area (Å²) in [5.74, 6) is -19.8. The number of primary amides is 1. The zero-order valence-corrected chi connectivity index (χ0v) is 73.0. The number of phenols is 1. The average molecular weight is 1840 g/mol. The molecule has 7 aromatic rings. The Bertz CT molecular complexity index is 5100. The number of phenolic OH excluding ortho intramolecular Hbond substituents is 1. The Morgan fingerprint density at radius 1 is 0.438 bits per heavy atom. The minimum atomic E-state index is -1.99. The van der Waals surface area contributed by atoms with Crippen LogP contribution in [0.2, 0.25) is 0 Å². The lowest BCUT2D eigenvalue weighted by Crippen LogP contribution is -2.62. The highest BCUT2D eigenvalue weighted by Gasteiger charge is 2.40. The number of nitrogens with one attached hydrogen (secondary N) is 19. The second-order valence-corrected chi connectivity index (χ2v) is 31.4. The number of carbonyl (C=O) groups is 17. The molecule has 0 fully saturated rings. The summed E-state index contributed by atoms with van der Waals surface area (Å²) in [5.41, 5.74) is 20.0. The van der Waals surface area contributed by atoms with Gasteiger partial charge in [-0.25, -0.2) is 4.98 Å². The number of aromatic hydroxyl groups is 1. The van der Waals surface area contributed by atoms with E-state index in [4.69, 9.17) is 22.6 Å². The first-order chi connectivity index (χ1) is 61.9. The van der Waals surface area contributed by atoms with E-state index in [-0.39, 0.29) is 63.8 Å². The van der Waals surface area contributed by atoms with Crippen LogP contribution in [-0.2, 0) is 114 Å². The first-order valence-electron chi connectivity index (χ1n) is 41.4. The van der Waals surface area contributed by atoms with Crippen LogP contribution in [0.1, 0.15) is 100 Å². The number of nitrogens with zero attached hydrogens (tertiary/aromatic N) is 1. The fourth-order valence-electron chi connectivity index (χ4n) is 13.6. The molecular weight excluding hydrogens is 1730 g/mol. The molecule has 14 atom stereocenters. The number of unbranched alkanes of at least 4 members (excludes halogenated alkanes) is 1. The van der Waals surface area contributed by atoms with Crippen molar-refractivity contribution >= 4 is 154 Å². The lowest BCUT2D eigenvalue weighted by atomic mass is 10.0. The Morgan fingerprint density at radius 3 is 1.33 bits per heavy atom. The molecule has 0 radical (unpaired) electrons. The topological polar surface area (TPSA) is 714 Å². The number of carbonyl (C=O) groups excluding carboxylic acids is 15. The van der Waals surface area contributed by atoms with Crippen molar-refractivity contribution in [2.45, 2.75) is 189 Å². The van der Waals surface area contributed by atoms with Gasteiger partial charge in [0.15, 0.2) is 5.96 Å². The summed E-state index contributed by atoms with van der Waals surface area (Å²) in [6.45, 7) is 2.90. The van der Waals surface area contributed by atoms with Crippen molar-refractivity contribution in [3.05, 3.63) is 156 Å². The number of aliphatic hydroxyl groups is 1. The van der Waals surface area contributed by atoms with E-state index in [2.05, 4.69) is 125 Å². The van der Waals surface area contributed by atoms with E-state index in [0.29, 0.717) is 56.2 Å². The summed E-state index contributed by atoms with van der Waals surface area (Å²) in [5, 5.41) is 87.3. The molecule has 0 aliphatic heterocycles. The molecule has 0 saturated heterocycles. The van der Waals surface area contributed by atoms with Crippen molar-refractivity contribution in [2.75, 3.05) is 31.1 Å². The number of rotatable bonds is 54. The summed E-state index contributed by atoms with van der Waals surface area (Å²) < 4.78 is 0. The van der Waals surface area contributed by atoms with Crippen LogP contribution in [0.5, 0.6) is 5.75 Å². The molecule has 700 valence electrons. The van der Waals surface area contributed by atoms with Crippen molar-refractivity contribution in [3.63, 3.8) is 0 Å². The minimum Gasteiger partial charge on any atom is -0.508 e. The smallest absolute Gasteiger partial charge is 0.305 e. The lowest BCUT2D eigenvalue weighted by molar-refractivity contribution is -0.141. The van der Waals surface area contributed by atoms with Crippen molar-refractivity contribution in [1.82, 2.24) is 99.7 Å². The van der Waals surface area contributed by atoms with E-state index >= 15 is 14.4 Å². The number of fused-ring (bicyclic) bond motifs is 2. The zero-order valence-electron chi connectivity index (χ0n) is 71.2. The van der Waals surface area contributed by atoms with Crippen LogP contribution >= 0.6 is 25.3 Å². The number of imidazole rings is 1. The van der Waals surface area contributed by atoms with Gasteiger partial charge in [0.2, 0.25) is 88.6 Å². The molecule has 0 unspecified atom stereocenters. The molecule has 0 spiro atoms. The van der Waals surface area contributed by atoms with Crippen LogP contribution in [0, 0.1) is 5.41 Å². The van der Waals surface area contributed by atoms with Gasteiger partial charge in [0, 0.05) is 110 Å². The lowest BCUT2D eigenvalue weighted by Gasteiger charge is -2.29. The van der Waals surface area contributed by atoms with Gasteiger partial charge in [-0.2, -0.15) is 25.3 Å². The van der Waals surface area contributed by atoms with Gasteiger partial charge in [-0.1, -0.05) is 78.9 Å². The second-order valence-electron chi connectivity index (χ2n) is 30.6. The van der Waals surface area contributed by atoms with Gasteiger partial charge in [0.25, 0.3) is 0 Å². The Kier molecular flexibility index (Phi) is 40.9. The van der Waals surface area contributed by atoms with E-state index in [0.717, 1.165) is 13.8 Å². The summed E-state index contributed by atoms with van der Waals surface area (Å²) >= 11 is 8.58. The number of carboxylic acids is 2. The predicted molar refractivity (Wildman–Crippen MR) is 477 cm³/mol. The number of thiol groups is 2. The number of guanidine groups is 1. The number of aromatic amines is 3. The molecule has 29 N–H and O–H groups in total. The maximum atomic E-state index is 15.4. The van der Waals surface area contributed by atoms with Gasteiger partial charge in [-0.05, 0) is 105 Å². The van der Waals surface area contributed by atoms with Crippen LogP contribution in [0.25, 0.3) is 21.8 Å². The summed E-state index contributed by atoms with van der Waals surface area (Å²) in [4.78, 5) is 249. The fourth-order valence-corrected chi connectivity index (χ4v) is 14.1.